The summed E-state index contributed by atoms with van der Waals surface area (Å²) in [5.74, 6) is -0.356. The second-order valence-corrected chi connectivity index (χ2v) is 7.03. The lowest BCUT2D eigenvalue weighted by molar-refractivity contribution is 0.0380. The van der Waals surface area contributed by atoms with Crippen LogP contribution in [0.5, 0.6) is 0 Å². The van der Waals surface area contributed by atoms with E-state index in [-0.39, 0.29) is 12.1 Å². The van der Waals surface area contributed by atoms with E-state index in [1.54, 1.807) is 18.2 Å². The molecule has 3 nitrogen and oxygen atoms in total. The molecule has 2 aromatic carbocycles. The summed E-state index contributed by atoms with van der Waals surface area (Å²) in [6.07, 6.45) is -0.188. The fourth-order valence-corrected chi connectivity index (χ4v) is 2.90. The lowest BCUT2D eigenvalue weighted by Crippen LogP contribution is -2.12. The van der Waals surface area contributed by atoms with Crippen molar-refractivity contribution in [2.24, 2.45) is 0 Å². The Morgan fingerprint density at radius 1 is 1.12 bits per heavy atom. The number of rotatable bonds is 3. The molecular weight excluding hydrogens is 390 g/mol. The van der Waals surface area contributed by atoms with Crippen molar-refractivity contribution in [3.05, 3.63) is 63.6 Å². The number of esters is 1. The normalized spacial score (nSPS) is 11.0. The van der Waals surface area contributed by atoms with E-state index in [2.05, 4.69) is 20.9 Å². The van der Waals surface area contributed by atoms with Crippen LogP contribution in [0.25, 0.3) is 22.2 Å². The van der Waals surface area contributed by atoms with Gasteiger partial charge in [-0.3, -0.25) is 0 Å². The molecule has 0 radical (unpaired) electrons. The van der Waals surface area contributed by atoms with E-state index in [1.165, 1.54) is 0 Å². The molecule has 0 bridgehead atoms. The third-order valence-corrected chi connectivity index (χ3v) is 4.22. The number of carbonyl (C=O) groups excluding carboxylic acids is 1. The monoisotopic (exact) mass is 403 g/mol. The minimum atomic E-state index is -0.356. The van der Waals surface area contributed by atoms with Gasteiger partial charge in [-0.05, 0) is 50.2 Å². The van der Waals surface area contributed by atoms with E-state index >= 15 is 0 Å². The molecule has 0 aliphatic rings. The summed E-state index contributed by atoms with van der Waals surface area (Å²) in [7, 11) is 0. The molecule has 3 rings (SSSR count). The Balaban J connectivity index is 2.20. The van der Waals surface area contributed by atoms with Gasteiger partial charge in [0.15, 0.2) is 0 Å². The third kappa shape index (κ3) is 3.60. The first-order chi connectivity index (χ1) is 11.4. The summed E-state index contributed by atoms with van der Waals surface area (Å²) in [6.45, 7) is 3.66. The van der Waals surface area contributed by atoms with Crippen LogP contribution in [-0.2, 0) is 4.74 Å². The minimum absolute atomic E-state index is 0.188. The molecule has 0 saturated heterocycles. The van der Waals surface area contributed by atoms with E-state index in [0.29, 0.717) is 16.3 Å². The quantitative estimate of drug-likeness (QED) is 0.511. The van der Waals surface area contributed by atoms with Crippen molar-refractivity contribution in [2.75, 3.05) is 0 Å². The van der Waals surface area contributed by atoms with Gasteiger partial charge in [0.2, 0.25) is 0 Å². The molecule has 0 aliphatic carbocycles. The molecule has 1 aromatic heterocycles. The predicted molar refractivity (Wildman–Crippen MR) is 100 cm³/mol. The Kier molecular flexibility index (Phi) is 4.88. The van der Waals surface area contributed by atoms with Gasteiger partial charge in [0.25, 0.3) is 0 Å². The molecule has 3 aromatic rings. The van der Waals surface area contributed by atoms with E-state index in [4.69, 9.17) is 16.3 Å². The van der Waals surface area contributed by atoms with Gasteiger partial charge in [-0.1, -0.05) is 39.7 Å². The lowest BCUT2D eigenvalue weighted by Gasteiger charge is -2.12. The van der Waals surface area contributed by atoms with Crippen LogP contribution >= 0.6 is 27.5 Å². The first kappa shape index (κ1) is 16.9. The molecule has 0 fully saturated rings. The summed E-state index contributed by atoms with van der Waals surface area (Å²) in [4.78, 5) is 17.2. The number of halogens is 2. The fraction of sp³-hybridized carbons (Fsp3) is 0.158. The third-order valence-electron chi connectivity index (χ3n) is 3.47. The summed E-state index contributed by atoms with van der Waals surface area (Å²) >= 11 is 9.39. The highest BCUT2D eigenvalue weighted by molar-refractivity contribution is 9.10. The topological polar surface area (TPSA) is 39.2 Å². The molecule has 0 saturated carbocycles. The molecular formula is C19H15BrClNO2. The minimum Gasteiger partial charge on any atom is -0.459 e. The highest BCUT2D eigenvalue weighted by atomic mass is 79.9. The second kappa shape index (κ2) is 6.91. The number of hydrogen-bond acceptors (Lipinski definition) is 3. The smallest absolute Gasteiger partial charge is 0.339 e. The molecule has 0 atom stereocenters. The Morgan fingerprint density at radius 2 is 1.83 bits per heavy atom. The predicted octanol–water partition coefficient (Wildman–Crippen LogP) is 5.88. The number of hydrogen-bond donors (Lipinski definition) is 0. The lowest BCUT2D eigenvalue weighted by atomic mass is 10.0. The molecule has 1 heterocycles. The largest absolute Gasteiger partial charge is 0.459 e. The van der Waals surface area contributed by atoms with Crippen LogP contribution in [-0.4, -0.2) is 17.1 Å². The van der Waals surface area contributed by atoms with Gasteiger partial charge in [0.1, 0.15) is 0 Å². The number of carbonyl (C=O) groups is 1. The Morgan fingerprint density at radius 3 is 2.50 bits per heavy atom. The summed E-state index contributed by atoms with van der Waals surface area (Å²) < 4.78 is 6.28. The maximum atomic E-state index is 12.5. The fourth-order valence-electron chi connectivity index (χ4n) is 2.41. The van der Waals surface area contributed by atoms with Crippen LogP contribution in [0.4, 0.5) is 0 Å². The summed E-state index contributed by atoms with van der Waals surface area (Å²) in [5, 5.41) is 1.41. The number of pyridine rings is 1. The second-order valence-electron chi connectivity index (χ2n) is 5.68. The van der Waals surface area contributed by atoms with Crippen LogP contribution in [0.2, 0.25) is 5.02 Å². The van der Waals surface area contributed by atoms with Gasteiger partial charge >= 0.3 is 5.97 Å². The van der Waals surface area contributed by atoms with Crippen molar-refractivity contribution in [3.63, 3.8) is 0 Å². The molecule has 122 valence electrons. The van der Waals surface area contributed by atoms with Crippen molar-refractivity contribution in [1.82, 2.24) is 4.98 Å². The van der Waals surface area contributed by atoms with E-state index in [0.717, 1.165) is 20.9 Å². The maximum Gasteiger partial charge on any atom is 0.339 e. The number of benzene rings is 2. The van der Waals surface area contributed by atoms with Crippen molar-refractivity contribution in [3.8, 4) is 11.3 Å². The van der Waals surface area contributed by atoms with Crippen LogP contribution in [0.15, 0.2) is 53.0 Å². The number of nitrogens with zero attached hydrogens (tertiary/aromatic N) is 1. The van der Waals surface area contributed by atoms with Gasteiger partial charge in [0, 0.05) is 20.4 Å². The van der Waals surface area contributed by atoms with Gasteiger partial charge in [-0.25, -0.2) is 9.78 Å². The first-order valence-electron chi connectivity index (χ1n) is 7.51. The molecule has 0 unspecified atom stereocenters. The highest BCUT2D eigenvalue weighted by Gasteiger charge is 2.16. The standard InChI is InChI=1S/C19H15BrClNO2/c1-11(2)24-19(23)16-10-18(12-3-6-14(21)7-4-12)22-17-8-5-13(20)9-15(16)17/h3-11H,1-2H3. The molecule has 0 N–H and O–H groups in total. The van der Waals surface area contributed by atoms with Crippen molar-refractivity contribution >= 4 is 44.4 Å². The maximum absolute atomic E-state index is 12.5. The zero-order valence-electron chi connectivity index (χ0n) is 13.2. The van der Waals surface area contributed by atoms with Gasteiger partial charge in [0.05, 0.1) is 22.9 Å². The van der Waals surface area contributed by atoms with E-state index in [9.17, 15) is 4.79 Å². The number of fused-ring (bicyclic) bond motifs is 1. The highest BCUT2D eigenvalue weighted by Crippen LogP contribution is 2.28. The van der Waals surface area contributed by atoms with Crippen molar-refractivity contribution in [2.45, 2.75) is 20.0 Å². The van der Waals surface area contributed by atoms with Crippen LogP contribution < -0.4 is 0 Å². The molecule has 24 heavy (non-hydrogen) atoms. The van der Waals surface area contributed by atoms with E-state index < -0.39 is 0 Å². The SMILES string of the molecule is CC(C)OC(=O)c1cc(-c2ccc(Cl)cc2)nc2ccc(Br)cc12. The Bertz CT molecular complexity index is 907. The average Bonchev–Trinajstić information content (AvgIpc) is 2.54. The first-order valence-corrected chi connectivity index (χ1v) is 8.68. The molecule has 0 spiro atoms. The Hall–Kier alpha value is -1.91. The molecule has 5 heteroatoms. The number of aromatic nitrogens is 1. The number of ether oxygens (including phenoxy) is 1. The summed E-state index contributed by atoms with van der Waals surface area (Å²) in [6, 6.07) is 14.8. The van der Waals surface area contributed by atoms with Crippen molar-refractivity contribution < 1.29 is 9.53 Å². The van der Waals surface area contributed by atoms with E-state index in [1.807, 2.05) is 44.2 Å². The Labute approximate surface area is 153 Å². The zero-order chi connectivity index (χ0) is 17.3. The van der Waals surface area contributed by atoms with Gasteiger partial charge in [-0.15, -0.1) is 0 Å². The molecule has 0 aliphatic heterocycles. The summed E-state index contributed by atoms with van der Waals surface area (Å²) in [5.41, 5.74) is 2.83. The zero-order valence-corrected chi connectivity index (χ0v) is 15.6. The van der Waals surface area contributed by atoms with Gasteiger partial charge in [-0.2, -0.15) is 0 Å². The average molecular weight is 405 g/mol. The van der Waals surface area contributed by atoms with Crippen LogP contribution in [0, 0.1) is 0 Å². The van der Waals surface area contributed by atoms with Crippen molar-refractivity contribution in [1.29, 1.82) is 0 Å². The van der Waals surface area contributed by atoms with Crippen LogP contribution in [0.1, 0.15) is 24.2 Å². The van der Waals surface area contributed by atoms with Gasteiger partial charge < -0.3 is 4.74 Å². The molecule has 0 amide bonds. The van der Waals surface area contributed by atoms with Crippen LogP contribution in [0.3, 0.4) is 0 Å².